The molecule has 0 unspecified atom stereocenters. The van der Waals surface area contributed by atoms with Crippen LogP contribution in [0.2, 0.25) is 0 Å². The molecule has 0 aliphatic carbocycles. The van der Waals surface area contributed by atoms with E-state index in [0.717, 1.165) is 11.1 Å². The van der Waals surface area contributed by atoms with E-state index in [4.69, 9.17) is 9.05 Å². The first-order valence-corrected chi connectivity index (χ1v) is 8.60. The molecule has 0 N–H and O–H groups in total. The van der Waals surface area contributed by atoms with Gasteiger partial charge in [0.15, 0.2) is 0 Å². The topological polar surface area (TPSA) is 59.3 Å². The predicted octanol–water partition coefficient (Wildman–Crippen LogP) is 4.17. The lowest BCUT2D eigenvalue weighted by Crippen LogP contribution is -2.30. The Balaban J connectivity index is 2.11. The SMILES string of the molecule is Cc1ccc(/C=C(\C#N)CP2(=O)OCC(C)(C)CO2)cc1. The molecule has 1 saturated heterocycles. The minimum absolute atomic E-state index is 0.0213. The highest BCUT2D eigenvalue weighted by Gasteiger charge is 2.37. The monoisotopic (exact) mass is 305 g/mol. The molecule has 21 heavy (non-hydrogen) atoms. The number of hydrogen-bond donors (Lipinski definition) is 0. The molecule has 0 atom stereocenters. The largest absolute Gasteiger partial charge is 0.335 e. The fourth-order valence-corrected chi connectivity index (χ4v) is 3.83. The van der Waals surface area contributed by atoms with Gasteiger partial charge in [-0.3, -0.25) is 4.57 Å². The van der Waals surface area contributed by atoms with Crippen LogP contribution in [0.25, 0.3) is 6.08 Å². The molecule has 112 valence electrons. The van der Waals surface area contributed by atoms with Crippen LogP contribution in [0, 0.1) is 23.7 Å². The quantitative estimate of drug-likeness (QED) is 0.621. The molecule has 0 bridgehead atoms. The number of rotatable bonds is 3. The molecule has 2 rings (SSSR count). The van der Waals surface area contributed by atoms with Gasteiger partial charge in [0, 0.05) is 11.0 Å². The molecule has 0 aromatic heterocycles. The smallest absolute Gasteiger partial charge is 0.308 e. The molecule has 4 nitrogen and oxygen atoms in total. The fraction of sp³-hybridized carbons (Fsp3) is 0.438. The number of nitriles is 1. The third kappa shape index (κ3) is 4.54. The van der Waals surface area contributed by atoms with Crippen molar-refractivity contribution in [2.45, 2.75) is 20.8 Å². The Bertz CT molecular complexity index is 612. The van der Waals surface area contributed by atoms with Gasteiger partial charge in [0.05, 0.1) is 25.4 Å². The van der Waals surface area contributed by atoms with E-state index in [1.807, 2.05) is 45.0 Å². The zero-order chi connectivity index (χ0) is 15.5. The van der Waals surface area contributed by atoms with Gasteiger partial charge in [0.1, 0.15) is 0 Å². The molecule has 1 aromatic carbocycles. The summed E-state index contributed by atoms with van der Waals surface area (Å²) in [6.07, 6.45) is 1.75. The van der Waals surface area contributed by atoms with Crippen LogP contribution < -0.4 is 0 Å². The van der Waals surface area contributed by atoms with E-state index < -0.39 is 7.60 Å². The highest BCUT2D eigenvalue weighted by atomic mass is 31.2. The third-order valence-electron chi connectivity index (χ3n) is 3.23. The average Bonchev–Trinajstić information content (AvgIpc) is 2.44. The second-order valence-electron chi connectivity index (χ2n) is 6.17. The van der Waals surface area contributed by atoms with Crippen molar-refractivity contribution in [2.24, 2.45) is 5.41 Å². The predicted molar refractivity (Wildman–Crippen MR) is 82.9 cm³/mol. The fourth-order valence-electron chi connectivity index (χ4n) is 1.90. The van der Waals surface area contributed by atoms with Crippen molar-refractivity contribution >= 4 is 13.7 Å². The summed E-state index contributed by atoms with van der Waals surface area (Å²) in [7, 11) is -3.20. The van der Waals surface area contributed by atoms with E-state index in [1.54, 1.807) is 6.08 Å². The summed E-state index contributed by atoms with van der Waals surface area (Å²) in [5.74, 6) is 0. The number of nitrogens with zero attached hydrogens (tertiary/aromatic N) is 1. The van der Waals surface area contributed by atoms with Gasteiger partial charge in [-0.2, -0.15) is 5.26 Å². The van der Waals surface area contributed by atoms with E-state index in [9.17, 15) is 9.83 Å². The molecule has 0 amide bonds. The molecular weight excluding hydrogens is 285 g/mol. The van der Waals surface area contributed by atoms with E-state index in [2.05, 4.69) is 6.07 Å². The van der Waals surface area contributed by atoms with Crippen molar-refractivity contribution in [2.75, 3.05) is 19.4 Å². The summed E-state index contributed by atoms with van der Waals surface area (Å²) in [4.78, 5) is 0. The summed E-state index contributed by atoms with van der Waals surface area (Å²) in [6.45, 7) is 6.75. The molecule has 1 fully saturated rings. The second kappa shape index (κ2) is 6.15. The third-order valence-corrected chi connectivity index (χ3v) is 5.00. The minimum atomic E-state index is -3.20. The Morgan fingerprint density at radius 2 is 1.90 bits per heavy atom. The van der Waals surface area contributed by atoms with Crippen molar-refractivity contribution in [1.29, 1.82) is 5.26 Å². The van der Waals surface area contributed by atoms with Gasteiger partial charge in [-0.1, -0.05) is 43.7 Å². The highest BCUT2D eigenvalue weighted by molar-refractivity contribution is 7.54. The Kier molecular flexibility index (Phi) is 4.68. The lowest BCUT2D eigenvalue weighted by molar-refractivity contribution is 0.0424. The van der Waals surface area contributed by atoms with Crippen molar-refractivity contribution in [3.8, 4) is 6.07 Å². The van der Waals surface area contributed by atoms with Gasteiger partial charge < -0.3 is 9.05 Å². The molecular formula is C16H20NO3P. The Hall–Kier alpha value is -1.40. The van der Waals surface area contributed by atoms with Crippen molar-refractivity contribution in [3.63, 3.8) is 0 Å². The van der Waals surface area contributed by atoms with Crippen LogP contribution in [0.3, 0.4) is 0 Å². The minimum Gasteiger partial charge on any atom is -0.308 e. The van der Waals surface area contributed by atoms with Crippen LogP contribution in [0.15, 0.2) is 29.8 Å². The summed E-state index contributed by atoms with van der Waals surface area (Å²) in [5, 5.41) is 9.24. The number of aryl methyl sites for hydroxylation is 1. The summed E-state index contributed by atoms with van der Waals surface area (Å²) < 4.78 is 23.3. The van der Waals surface area contributed by atoms with Gasteiger partial charge in [-0.05, 0) is 18.6 Å². The van der Waals surface area contributed by atoms with Gasteiger partial charge in [0.25, 0.3) is 0 Å². The maximum atomic E-state index is 12.5. The summed E-state index contributed by atoms with van der Waals surface area (Å²) in [6, 6.07) is 9.88. The van der Waals surface area contributed by atoms with E-state index in [1.165, 1.54) is 0 Å². The van der Waals surface area contributed by atoms with Crippen LogP contribution in [-0.2, 0) is 13.6 Å². The maximum absolute atomic E-state index is 12.5. The average molecular weight is 305 g/mol. The number of allylic oxidation sites excluding steroid dienone is 1. The highest BCUT2D eigenvalue weighted by Crippen LogP contribution is 2.54. The van der Waals surface area contributed by atoms with E-state index in [0.29, 0.717) is 18.8 Å². The first-order chi connectivity index (χ1) is 9.82. The molecule has 1 aromatic rings. The standard InChI is InChI=1S/C16H20NO3P/c1-13-4-6-14(7-5-13)8-15(9-17)10-21(18)19-11-16(2,3)12-20-21/h4-8H,10-12H2,1-3H3/b15-8+. The van der Waals surface area contributed by atoms with Crippen molar-refractivity contribution in [3.05, 3.63) is 41.0 Å². The lowest BCUT2D eigenvalue weighted by atomic mass is 9.97. The Morgan fingerprint density at radius 1 is 1.33 bits per heavy atom. The van der Waals surface area contributed by atoms with Crippen LogP contribution in [0.1, 0.15) is 25.0 Å². The molecule has 0 spiro atoms. The van der Waals surface area contributed by atoms with E-state index in [-0.39, 0.29) is 11.6 Å². The molecule has 1 aliphatic rings. The second-order valence-corrected chi connectivity index (χ2v) is 8.23. The first-order valence-electron chi connectivity index (χ1n) is 6.87. The van der Waals surface area contributed by atoms with Gasteiger partial charge in [-0.25, -0.2) is 0 Å². The van der Waals surface area contributed by atoms with Crippen molar-refractivity contribution in [1.82, 2.24) is 0 Å². The van der Waals surface area contributed by atoms with Crippen LogP contribution in [0.4, 0.5) is 0 Å². The van der Waals surface area contributed by atoms with Gasteiger partial charge in [-0.15, -0.1) is 0 Å². The molecule has 1 heterocycles. The van der Waals surface area contributed by atoms with E-state index >= 15 is 0 Å². The van der Waals surface area contributed by atoms with Gasteiger partial charge in [0.2, 0.25) is 0 Å². The normalized spacial score (nSPS) is 20.8. The Labute approximate surface area is 125 Å². The zero-order valence-corrected chi connectivity index (χ0v) is 13.5. The van der Waals surface area contributed by atoms with Crippen LogP contribution in [0.5, 0.6) is 0 Å². The number of benzene rings is 1. The lowest BCUT2D eigenvalue weighted by Gasteiger charge is -2.33. The summed E-state index contributed by atoms with van der Waals surface area (Å²) in [5.41, 5.74) is 2.32. The maximum Gasteiger partial charge on any atom is 0.335 e. The molecule has 5 heteroatoms. The van der Waals surface area contributed by atoms with Crippen LogP contribution in [-0.4, -0.2) is 19.4 Å². The van der Waals surface area contributed by atoms with Crippen molar-refractivity contribution < 1.29 is 13.6 Å². The number of hydrogen-bond acceptors (Lipinski definition) is 4. The zero-order valence-electron chi connectivity index (χ0n) is 12.6. The summed E-state index contributed by atoms with van der Waals surface area (Å²) >= 11 is 0. The van der Waals surface area contributed by atoms with Gasteiger partial charge >= 0.3 is 7.60 Å². The molecule has 0 radical (unpaired) electrons. The van der Waals surface area contributed by atoms with Crippen LogP contribution >= 0.6 is 7.60 Å². The first kappa shape index (κ1) is 16.0. The molecule has 1 aliphatic heterocycles. The Morgan fingerprint density at radius 3 is 2.43 bits per heavy atom. The molecule has 0 saturated carbocycles.